The van der Waals surface area contributed by atoms with E-state index < -0.39 is 5.41 Å². The number of aromatic nitrogens is 1. The second kappa shape index (κ2) is 14.1. The molecule has 0 aliphatic heterocycles. The Kier molecular flexibility index (Phi) is 8.11. The minimum Gasteiger partial charge on any atom is -0.310 e. The summed E-state index contributed by atoms with van der Waals surface area (Å²) in [5.74, 6) is 0. The van der Waals surface area contributed by atoms with E-state index in [9.17, 15) is 0 Å². The van der Waals surface area contributed by atoms with Crippen LogP contribution in [-0.2, 0) is 5.41 Å². The van der Waals surface area contributed by atoms with E-state index in [2.05, 4.69) is 252 Å². The topological polar surface area (TPSA) is 8.17 Å². The molecule has 0 atom stereocenters. The largest absolute Gasteiger partial charge is 0.310 e. The van der Waals surface area contributed by atoms with Crippen molar-refractivity contribution in [3.05, 3.63) is 265 Å². The third kappa shape index (κ3) is 5.50. The van der Waals surface area contributed by atoms with Gasteiger partial charge in [-0.2, -0.15) is 0 Å². The minimum absolute atomic E-state index is 0.544. The van der Waals surface area contributed by atoms with Crippen molar-refractivity contribution in [3.63, 3.8) is 0 Å². The summed E-state index contributed by atoms with van der Waals surface area (Å²) in [7, 11) is 0. The van der Waals surface area contributed by atoms with E-state index >= 15 is 0 Å². The van der Waals surface area contributed by atoms with Crippen molar-refractivity contribution in [2.75, 3.05) is 4.90 Å². The Morgan fingerprint density at radius 3 is 1.56 bits per heavy atom. The van der Waals surface area contributed by atoms with Gasteiger partial charge in [-0.15, -0.1) is 0 Å². The molecule has 2 nitrogen and oxygen atoms in total. The summed E-state index contributed by atoms with van der Waals surface area (Å²) in [6.45, 7) is 0. The summed E-state index contributed by atoms with van der Waals surface area (Å²) in [6.07, 6.45) is 0. The quantitative estimate of drug-likeness (QED) is 0.156. The van der Waals surface area contributed by atoms with Crippen molar-refractivity contribution in [1.29, 1.82) is 0 Å². The number of para-hydroxylation sites is 2. The lowest BCUT2D eigenvalue weighted by molar-refractivity contribution is 0.769. The van der Waals surface area contributed by atoms with Crippen molar-refractivity contribution in [3.8, 4) is 27.9 Å². The van der Waals surface area contributed by atoms with Crippen molar-refractivity contribution in [1.82, 2.24) is 4.57 Å². The molecule has 0 saturated heterocycles. The first-order chi connectivity index (χ1) is 30.3. The fourth-order valence-electron chi connectivity index (χ4n) is 10.1. The van der Waals surface area contributed by atoms with E-state index in [1.165, 1.54) is 71.6 Å². The Labute approximate surface area is 355 Å². The summed E-state index contributed by atoms with van der Waals surface area (Å²) in [6, 6.07) is 89.1. The van der Waals surface area contributed by atoms with Crippen LogP contribution in [0.4, 0.5) is 17.1 Å². The van der Waals surface area contributed by atoms with Crippen molar-refractivity contribution in [2.45, 2.75) is 5.41 Å². The van der Waals surface area contributed by atoms with E-state index in [4.69, 9.17) is 0 Å². The molecule has 1 aliphatic rings. The highest BCUT2D eigenvalue weighted by atomic mass is 15.1. The van der Waals surface area contributed by atoms with Crippen LogP contribution in [0.15, 0.2) is 243 Å². The van der Waals surface area contributed by atoms with Gasteiger partial charge < -0.3 is 9.47 Å². The Morgan fingerprint density at radius 2 is 0.852 bits per heavy atom. The lowest BCUT2D eigenvalue weighted by Gasteiger charge is -2.35. The number of rotatable bonds is 7. The van der Waals surface area contributed by atoms with E-state index in [1.54, 1.807) is 0 Å². The molecule has 0 unspecified atom stereocenters. The molecule has 61 heavy (non-hydrogen) atoms. The van der Waals surface area contributed by atoms with Crippen LogP contribution >= 0.6 is 0 Å². The van der Waals surface area contributed by atoms with Gasteiger partial charge in [-0.1, -0.05) is 176 Å². The number of benzene rings is 10. The molecule has 11 aromatic rings. The highest BCUT2D eigenvalue weighted by Crippen LogP contribution is 2.58. The third-order valence-electron chi connectivity index (χ3n) is 12.8. The number of hydrogen-bond acceptors (Lipinski definition) is 1. The molecule has 0 saturated carbocycles. The van der Waals surface area contributed by atoms with E-state index in [0.717, 1.165) is 28.3 Å². The van der Waals surface area contributed by atoms with Gasteiger partial charge >= 0.3 is 0 Å². The zero-order valence-corrected chi connectivity index (χ0v) is 33.5. The Morgan fingerprint density at radius 1 is 0.328 bits per heavy atom. The first-order valence-corrected chi connectivity index (χ1v) is 21.1. The van der Waals surface area contributed by atoms with E-state index in [1.807, 2.05) is 0 Å². The molecule has 0 N–H and O–H groups in total. The predicted molar refractivity (Wildman–Crippen MR) is 256 cm³/mol. The molecule has 0 spiro atoms. The van der Waals surface area contributed by atoms with Gasteiger partial charge in [-0.05, 0) is 122 Å². The average molecular weight is 777 g/mol. The summed E-state index contributed by atoms with van der Waals surface area (Å²) >= 11 is 0. The van der Waals surface area contributed by atoms with Crippen molar-refractivity contribution >= 4 is 49.6 Å². The molecule has 0 amide bonds. The van der Waals surface area contributed by atoms with Gasteiger partial charge in [0.2, 0.25) is 0 Å². The number of hydrogen-bond donors (Lipinski definition) is 0. The van der Waals surface area contributed by atoms with E-state index in [-0.39, 0.29) is 0 Å². The molecule has 0 fully saturated rings. The minimum atomic E-state index is -0.544. The molecule has 286 valence electrons. The molecular formula is C59H40N2. The van der Waals surface area contributed by atoms with Gasteiger partial charge in [0, 0.05) is 33.5 Å². The molecular weight excluding hydrogens is 737 g/mol. The Balaban J connectivity index is 1.10. The van der Waals surface area contributed by atoms with Crippen LogP contribution in [0, 0.1) is 0 Å². The zero-order valence-electron chi connectivity index (χ0n) is 33.5. The van der Waals surface area contributed by atoms with E-state index in [0.29, 0.717) is 0 Å². The average Bonchev–Trinajstić information content (AvgIpc) is 3.81. The molecule has 1 heterocycles. The summed E-state index contributed by atoms with van der Waals surface area (Å²) < 4.78 is 2.42. The second-order valence-electron chi connectivity index (χ2n) is 16.1. The standard InChI is InChI=1S/C59H40N2/c1-5-17-41(18-6-1)42-29-31-48(32-30-42)61-57-28-16-15-27-52(57)53-36-34-50(40-58(53)61)60(47-25-11-4-12-26-47)49-33-35-51-54-37-43-19-13-14-20-44(43)38-55(54)59(56(51)39-49,45-21-7-2-8-22-45)46-23-9-3-10-24-46/h1-40H. The lowest BCUT2D eigenvalue weighted by atomic mass is 9.67. The highest BCUT2D eigenvalue weighted by molar-refractivity contribution is 6.10. The Hall–Kier alpha value is -7.94. The van der Waals surface area contributed by atoms with Gasteiger partial charge in [0.05, 0.1) is 16.4 Å². The number of fused-ring (bicyclic) bond motifs is 7. The van der Waals surface area contributed by atoms with Crippen LogP contribution in [0.25, 0.3) is 60.5 Å². The van der Waals surface area contributed by atoms with Crippen LogP contribution in [0.5, 0.6) is 0 Å². The maximum Gasteiger partial charge on any atom is 0.0714 e. The van der Waals surface area contributed by atoms with Gasteiger partial charge in [0.15, 0.2) is 0 Å². The molecule has 10 aromatic carbocycles. The highest BCUT2D eigenvalue weighted by Gasteiger charge is 2.46. The lowest BCUT2D eigenvalue weighted by Crippen LogP contribution is -2.28. The molecule has 0 bridgehead atoms. The van der Waals surface area contributed by atoms with Crippen LogP contribution in [0.2, 0.25) is 0 Å². The summed E-state index contributed by atoms with van der Waals surface area (Å²) in [5, 5.41) is 4.95. The molecule has 12 rings (SSSR count). The number of nitrogens with zero attached hydrogens (tertiary/aromatic N) is 2. The molecule has 2 heteroatoms. The van der Waals surface area contributed by atoms with Crippen molar-refractivity contribution < 1.29 is 0 Å². The first-order valence-electron chi connectivity index (χ1n) is 21.1. The van der Waals surface area contributed by atoms with Gasteiger partial charge in [-0.3, -0.25) is 0 Å². The normalized spacial score (nSPS) is 12.7. The summed E-state index contributed by atoms with van der Waals surface area (Å²) in [5.41, 5.74) is 16.3. The van der Waals surface area contributed by atoms with Gasteiger partial charge in [0.1, 0.15) is 0 Å². The maximum absolute atomic E-state index is 2.47. The van der Waals surface area contributed by atoms with Crippen LogP contribution in [0.1, 0.15) is 22.3 Å². The third-order valence-corrected chi connectivity index (χ3v) is 12.8. The fraction of sp³-hybridized carbons (Fsp3) is 0.0169. The molecule has 0 radical (unpaired) electrons. The zero-order chi connectivity index (χ0) is 40.3. The van der Waals surface area contributed by atoms with Gasteiger partial charge in [-0.25, -0.2) is 0 Å². The maximum atomic E-state index is 2.47. The van der Waals surface area contributed by atoms with Crippen LogP contribution in [0.3, 0.4) is 0 Å². The monoisotopic (exact) mass is 776 g/mol. The second-order valence-corrected chi connectivity index (χ2v) is 16.1. The first kappa shape index (κ1) is 35.0. The molecule has 1 aromatic heterocycles. The van der Waals surface area contributed by atoms with Gasteiger partial charge in [0.25, 0.3) is 0 Å². The summed E-state index contributed by atoms with van der Waals surface area (Å²) in [4.78, 5) is 2.43. The fourth-order valence-corrected chi connectivity index (χ4v) is 10.1. The number of anilines is 3. The van der Waals surface area contributed by atoms with Crippen LogP contribution < -0.4 is 4.90 Å². The SMILES string of the molecule is c1ccc(-c2ccc(-n3c4ccccc4c4ccc(N(c5ccccc5)c5ccc6c(c5)C(c5ccccc5)(c5ccccc5)c5cc7ccccc7cc5-6)cc43)cc2)cc1. The van der Waals surface area contributed by atoms with Crippen molar-refractivity contribution in [2.24, 2.45) is 0 Å². The molecule has 1 aliphatic carbocycles. The van der Waals surface area contributed by atoms with Crippen LogP contribution in [-0.4, -0.2) is 4.57 Å². The Bertz CT molecular complexity index is 3350. The predicted octanol–water partition coefficient (Wildman–Crippen LogP) is 15.4. The smallest absolute Gasteiger partial charge is 0.0714 e.